The van der Waals surface area contributed by atoms with Gasteiger partial charge in [0.15, 0.2) is 0 Å². The number of nitrogens with one attached hydrogen (secondary N) is 3. The predicted octanol–water partition coefficient (Wildman–Crippen LogP) is 3.38. The summed E-state index contributed by atoms with van der Waals surface area (Å²) >= 11 is 0. The van der Waals surface area contributed by atoms with Crippen LogP contribution in [0.15, 0.2) is 54.6 Å². The van der Waals surface area contributed by atoms with Crippen LogP contribution in [0.25, 0.3) is 0 Å². The van der Waals surface area contributed by atoms with E-state index in [-0.39, 0.29) is 43.3 Å². The van der Waals surface area contributed by atoms with E-state index in [1.54, 1.807) is 49.9 Å². The van der Waals surface area contributed by atoms with E-state index < -0.39 is 17.6 Å². The van der Waals surface area contributed by atoms with Gasteiger partial charge in [0, 0.05) is 25.2 Å². The van der Waals surface area contributed by atoms with Crippen molar-refractivity contribution in [3.8, 4) is 0 Å². The number of amides is 4. The number of likely N-dealkylation sites (tertiary alicyclic amines) is 1. The molecule has 2 aromatic carbocycles. The number of hydrogen-bond donors (Lipinski definition) is 3. The molecule has 2 unspecified atom stereocenters. The molecule has 36 heavy (non-hydrogen) atoms. The molecule has 0 spiro atoms. The molecule has 192 valence electrons. The number of carbonyl (C=O) groups is 4. The summed E-state index contributed by atoms with van der Waals surface area (Å²) < 4.78 is 5.09. The van der Waals surface area contributed by atoms with Gasteiger partial charge in [0.2, 0.25) is 17.7 Å². The number of carbonyl (C=O) groups excluding carboxylic acids is 4. The number of alkyl carbamates (subject to hydrolysis) is 1. The van der Waals surface area contributed by atoms with Gasteiger partial charge in [-0.1, -0.05) is 42.5 Å². The Hall–Kier alpha value is -3.88. The van der Waals surface area contributed by atoms with E-state index in [1.165, 1.54) is 0 Å². The Morgan fingerprint density at radius 3 is 2.33 bits per heavy atom. The van der Waals surface area contributed by atoms with Crippen LogP contribution in [0.2, 0.25) is 0 Å². The number of ether oxygens (including phenoxy) is 1. The average Bonchev–Trinajstić information content (AvgIpc) is 3.23. The Kier molecular flexibility index (Phi) is 8.68. The van der Waals surface area contributed by atoms with Crippen molar-refractivity contribution in [2.45, 2.75) is 52.3 Å². The van der Waals surface area contributed by atoms with Crippen LogP contribution in [0, 0.1) is 5.92 Å². The van der Waals surface area contributed by atoms with Gasteiger partial charge in [0.1, 0.15) is 12.1 Å². The summed E-state index contributed by atoms with van der Waals surface area (Å²) in [6.07, 6.45) is -0.468. The molecule has 0 aliphatic carbocycles. The monoisotopic (exact) mass is 494 g/mol. The van der Waals surface area contributed by atoms with Gasteiger partial charge in [0.05, 0.1) is 12.0 Å². The van der Waals surface area contributed by atoms with Gasteiger partial charge in [-0.15, -0.1) is 0 Å². The lowest BCUT2D eigenvalue weighted by Gasteiger charge is -2.25. The molecule has 0 saturated carbocycles. The fraction of sp³-hybridized carbons (Fsp3) is 0.407. The van der Waals surface area contributed by atoms with Crippen LogP contribution >= 0.6 is 0 Å². The molecule has 1 fully saturated rings. The van der Waals surface area contributed by atoms with E-state index in [0.717, 1.165) is 11.1 Å². The molecule has 1 aliphatic heterocycles. The van der Waals surface area contributed by atoms with Crippen molar-refractivity contribution in [2.24, 2.45) is 5.92 Å². The first-order valence-electron chi connectivity index (χ1n) is 12.0. The number of anilines is 1. The van der Waals surface area contributed by atoms with Crippen LogP contribution in [0.4, 0.5) is 10.5 Å². The Labute approximate surface area is 211 Å². The van der Waals surface area contributed by atoms with Crippen molar-refractivity contribution >= 4 is 29.5 Å². The van der Waals surface area contributed by atoms with Gasteiger partial charge in [0.25, 0.3) is 0 Å². The van der Waals surface area contributed by atoms with Crippen LogP contribution in [0.3, 0.4) is 0 Å². The lowest BCUT2D eigenvalue weighted by molar-refractivity contribution is -0.129. The molecule has 1 heterocycles. The Morgan fingerprint density at radius 1 is 1.03 bits per heavy atom. The number of hydrogen-bond acceptors (Lipinski definition) is 5. The highest BCUT2D eigenvalue weighted by Crippen LogP contribution is 2.29. The third-order valence-corrected chi connectivity index (χ3v) is 5.78. The summed E-state index contributed by atoms with van der Waals surface area (Å²) in [6, 6.07) is 16.8. The van der Waals surface area contributed by atoms with Crippen molar-refractivity contribution in [2.75, 3.05) is 18.4 Å². The fourth-order valence-electron chi connectivity index (χ4n) is 3.87. The largest absolute Gasteiger partial charge is 0.444 e. The summed E-state index contributed by atoms with van der Waals surface area (Å²) in [4.78, 5) is 50.7. The Bertz CT molecular complexity index is 1080. The fourth-order valence-corrected chi connectivity index (χ4v) is 3.87. The molecular weight excluding hydrogens is 460 g/mol. The summed E-state index contributed by atoms with van der Waals surface area (Å²) in [7, 11) is 0. The Balaban J connectivity index is 1.44. The number of benzene rings is 2. The van der Waals surface area contributed by atoms with Gasteiger partial charge in [-0.3, -0.25) is 14.4 Å². The van der Waals surface area contributed by atoms with Crippen LogP contribution < -0.4 is 16.0 Å². The summed E-state index contributed by atoms with van der Waals surface area (Å²) in [6.45, 7) is 7.66. The van der Waals surface area contributed by atoms with Crippen molar-refractivity contribution in [1.82, 2.24) is 15.5 Å². The molecule has 9 nitrogen and oxygen atoms in total. The lowest BCUT2D eigenvalue weighted by Crippen LogP contribution is -2.39. The SMILES string of the molecule is CC(c1ccccc1)N1CC(C(=O)Nc2ccc(CNC(=O)CNC(=O)OC(C)(C)C)cc2)CC1=O. The topological polar surface area (TPSA) is 117 Å². The van der Waals surface area contributed by atoms with Crippen LogP contribution in [-0.2, 0) is 25.7 Å². The summed E-state index contributed by atoms with van der Waals surface area (Å²) in [5.41, 5.74) is 1.85. The van der Waals surface area contributed by atoms with Crippen molar-refractivity contribution in [1.29, 1.82) is 0 Å². The molecule has 0 radical (unpaired) electrons. The molecule has 2 aromatic rings. The standard InChI is InChI=1S/C27H34N4O5/c1-18(20-8-6-5-7-9-20)31-17-21(14-24(31)33)25(34)30-22-12-10-19(11-13-22)15-28-23(32)16-29-26(35)36-27(2,3)4/h5-13,18,21H,14-17H2,1-4H3,(H,28,32)(H,29,35)(H,30,34). The zero-order valence-corrected chi connectivity index (χ0v) is 21.2. The maximum atomic E-state index is 12.8. The minimum atomic E-state index is -0.653. The molecule has 0 bridgehead atoms. The second-order valence-electron chi connectivity index (χ2n) is 9.85. The third-order valence-electron chi connectivity index (χ3n) is 5.78. The van der Waals surface area contributed by atoms with E-state index in [2.05, 4.69) is 16.0 Å². The maximum Gasteiger partial charge on any atom is 0.408 e. The van der Waals surface area contributed by atoms with E-state index in [4.69, 9.17) is 4.74 Å². The predicted molar refractivity (Wildman–Crippen MR) is 136 cm³/mol. The van der Waals surface area contributed by atoms with E-state index in [0.29, 0.717) is 12.2 Å². The van der Waals surface area contributed by atoms with E-state index in [1.807, 2.05) is 37.3 Å². The smallest absolute Gasteiger partial charge is 0.408 e. The van der Waals surface area contributed by atoms with Gasteiger partial charge < -0.3 is 25.6 Å². The normalized spacial score (nSPS) is 16.3. The minimum Gasteiger partial charge on any atom is -0.444 e. The highest BCUT2D eigenvalue weighted by molar-refractivity contribution is 5.97. The quantitative estimate of drug-likeness (QED) is 0.520. The van der Waals surface area contributed by atoms with Crippen molar-refractivity contribution in [3.63, 3.8) is 0 Å². The molecule has 0 aromatic heterocycles. The van der Waals surface area contributed by atoms with Crippen LogP contribution in [0.1, 0.15) is 51.3 Å². The van der Waals surface area contributed by atoms with Gasteiger partial charge in [-0.05, 0) is 51.0 Å². The van der Waals surface area contributed by atoms with Crippen molar-refractivity contribution < 1.29 is 23.9 Å². The molecular formula is C27H34N4O5. The molecule has 3 N–H and O–H groups in total. The number of rotatable bonds is 8. The molecule has 4 amide bonds. The maximum absolute atomic E-state index is 12.8. The summed E-state index contributed by atoms with van der Waals surface area (Å²) in [5, 5.41) is 8.00. The average molecular weight is 495 g/mol. The minimum absolute atomic E-state index is 0.0289. The second-order valence-corrected chi connectivity index (χ2v) is 9.85. The third kappa shape index (κ3) is 7.83. The molecule has 9 heteroatoms. The van der Waals surface area contributed by atoms with Crippen LogP contribution in [0.5, 0.6) is 0 Å². The Morgan fingerprint density at radius 2 is 1.69 bits per heavy atom. The van der Waals surface area contributed by atoms with E-state index >= 15 is 0 Å². The van der Waals surface area contributed by atoms with Crippen LogP contribution in [-0.4, -0.2) is 47.4 Å². The molecule has 1 saturated heterocycles. The van der Waals surface area contributed by atoms with Gasteiger partial charge in [-0.2, -0.15) is 0 Å². The van der Waals surface area contributed by atoms with Gasteiger partial charge >= 0.3 is 6.09 Å². The molecule has 1 aliphatic rings. The number of nitrogens with zero attached hydrogens (tertiary/aromatic N) is 1. The summed E-state index contributed by atoms with van der Waals surface area (Å²) in [5.74, 6) is -0.988. The first kappa shape index (κ1) is 26.7. The highest BCUT2D eigenvalue weighted by atomic mass is 16.6. The second kappa shape index (κ2) is 11.7. The zero-order valence-electron chi connectivity index (χ0n) is 21.2. The zero-order chi connectivity index (χ0) is 26.3. The van der Waals surface area contributed by atoms with E-state index in [9.17, 15) is 19.2 Å². The highest BCUT2D eigenvalue weighted by Gasteiger charge is 2.37. The first-order valence-corrected chi connectivity index (χ1v) is 12.0. The molecule has 2 atom stereocenters. The first-order chi connectivity index (χ1) is 17.0. The van der Waals surface area contributed by atoms with Crippen molar-refractivity contribution in [3.05, 3.63) is 65.7 Å². The van der Waals surface area contributed by atoms with Gasteiger partial charge in [-0.25, -0.2) is 4.79 Å². The lowest BCUT2D eigenvalue weighted by atomic mass is 10.1. The molecule has 3 rings (SSSR count).